The standard InChI is InChI=1S/C22H20N4O3/c27-19-17(9-12-11-23-15-7-3-1-5-13(12)15)24-20(28)18(25-19)10-22-14-6-2-4-8-16(14)26-21(22)29-22/h1-8,11,17-18,21,23,26H,9-10H2,(H,24,28)(H,25,27)/t17-,18-,21-,22-/m0/s1. The number of nitrogens with one attached hydrogen (secondary N) is 4. The number of hydrogen-bond donors (Lipinski definition) is 4. The van der Waals surface area contributed by atoms with E-state index in [1.54, 1.807) is 0 Å². The van der Waals surface area contributed by atoms with E-state index in [9.17, 15) is 9.59 Å². The van der Waals surface area contributed by atoms with E-state index in [1.807, 2.05) is 54.7 Å². The molecule has 3 aromatic rings. The van der Waals surface area contributed by atoms with E-state index < -0.39 is 17.7 Å². The molecule has 2 amide bonds. The molecule has 7 heteroatoms. The summed E-state index contributed by atoms with van der Waals surface area (Å²) in [5.74, 6) is -0.324. The zero-order valence-corrected chi connectivity index (χ0v) is 15.6. The summed E-state index contributed by atoms with van der Waals surface area (Å²) in [4.78, 5) is 28.8. The van der Waals surface area contributed by atoms with Crippen molar-refractivity contribution < 1.29 is 14.3 Å². The topological polar surface area (TPSA) is 98.6 Å². The fourth-order valence-electron chi connectivity index (χ4n) is 4.70. The molecule has 1 aromatic heterocycles. The van der Waals surface area contributed by atoms with Gasteiger partial charge in [0.25, 0.3) is 0 Å². The molecule has 4 atom stereocenters. The van der Waals surface area contributed by atoms with Gasteiger partial charge in [0.2, 0.25) is 11.8 Å². The summed E-state index contributed by atoms with van der Waals surface area (Å²) >= 11 is 0. The predicted octanol–water partition coefficient (Wildman–Crippen LogP) is 1.76. The molecule has 2 saturated heterocycles. The number of fused-ring (bicyclic) bond motifs is 4. The zero-order chi connectivity index (χ0) is 19.6. The number of para-hydroxylation sites is 2. The Morgan fingerprint density at radius 2 is 1.66 bits per heavy atom. The summed E-state index contributed by atoms with van der Waals surface area (Å²) in [6.07, 6.45) is 2.63. The van der Waals surface area contributed by atoms with Gasteiger partial charge < -0.3 is 25.7 Å². The number of ether oxygens (including phenoxy) is 1. The molecule has 7 nitrogen and oxygen atoms in total. The molecule has 2 aromatic carbocycles. The second-order valence-electron chi connectivity index (χ2n) is 7.97. The molecule has 29 heavy (non-hydrogen) atoms. The van der Waals surface area contributed by atoms with E-state index in [0.29, 0.717) is 12.8 Å². The van der Waals surface area contributed by atoms with Gasteiger partial charge in [-0.2, -0.15) is 0 Å². The lowest BCUT2D eigenvalue weighted by molar-refractivity contribution is -0.137. The van der Waals surface area contributed by atoms with E-state index >= 15 is 0 Å². The largest absolute Gasteiger partial charge is 0.361 e. The van der Waals surface area contributed by atoms with Crippen LogP contribution in [0.2, 0.25) is 0 Å². The van der Waals surface area contributed by atoms with Crippen LogP contribution in [0.1, 0.15) is 17.5 Å². The van der Waals surface area contributed by atoms with Crippen LogP contribution in [0.15, 0.2) is 54.7 Å². The van der Waals surface area contributed by atoms with Crippen LogP contribution in [-0.2, 0) is 26.3 Å². The summed E-state index contributed by atoms with van der Waals surface area (Å²) in [5.41, 5.74) is 3.58. The first-order valence-electron chi connectivity index (χ1n) is 9.84. The van der Waals surface area contributed by atoms with Crippen LogP contribution in [0.3, 0.4) is 0 Å². The number of aromatic nitrogens is 1. The monoisotopic (exact) mass is 388 g/mol. The molecular weight excluding hydrogens is 368 g/mol. The van der Waals surface area contributed by atoms with Gasteiger partial charge in [-0.25, -0.2) is 0 Å². The van der Waals surface area contributed by atoms with Crippen molar-refractivity contribution in [2.75, 3.05) is 5.32 Å². The summed E-state index contributed by atoms with van der Waals surface area (Å²) in [6, 6.07) is 14.7. The van der Waals surface area contributed by atoms with Crippen molar-refractivity contribution in [2.24, 2.45) is 0 Å². The fourth-order valence-corrected chi connectivity index (χ4v) is 4.70. The third-order valence-corrected chi connectivity index (χ3v) is 6.24. The molecule has 4 heterocycles. The molecule has 6 rings (SSSR count). The van der Waals surface area contributed by atoms with Crippen LogP contribution in [0.4, 0.5) is 5.69 Å². The van der Waals surface area contributed by atoms with Gasteiger partial charge in [-0.05, 0) is 17.7 Å². The molecule has 0 spiro atoms. The highest BCUT2D eigenvalue weighted by Crippen LogP contribution is 2.57. The van der Waals surface area contributed by atoms with Crippen LogP contribution < -0.4 is 16.0 Å². The molecule has 2 fully saturated rings. The number of benzene rings is 2. The molecule has 146 valence electrons. The SMILES string of the molecule is O=C1N[C@@H](C[C@@]23O[C@@H]2Nc2ccccc23)C(=O)N[C@H]1Cc1c[nH]c2ccccc12. The number of epoxide rings is 1. The third-order valence-electron chi connectivity index (χ3n) is 6.24. The van der Waals surface area contributed by atoms with Gasteiger partial charge in [-0.15, -0.1) is 0 Å². The van der Waals surface area contributed by atoms with Crippen LogP contribution in [-0.4, -0.2) is 35.1 Å². The Kier molecular flexibility index (Phi) is 3.35. The lowest BCUT2D eigenvalue weighted by Gasteiger charge is -2.30. The second-order valence-corrected chi connectivity index (χ2v) is 7.97. The van der Waals surface area contributed by atoms with Crippen molar-refractivity contribution in [1.82, 2.24) is 15.6 Å². The molecule has 4 N–H and O–H groups in total. The maximum absolute atomic E-state index is 12.8. The van der Waals surface area contributed by atoms with Crippen molar-refractivity contribution in [3.8, 4) is 0 Å². The Morgan fingerprint density at radius 1 is 0.897 bits per heavy atom. The molecular formula is C22H20N4O3. The van der Waals surface area contributed by atoms with Gasteiger partial charge in [-0.1, -0.05) is 36.4 Å². The van der Waals surface area contributed by atoms with Crippen LogP contribution >= 0.6 is 0 Å². The van der Waals surface area contributed by atoms with Gasteiger partial charge in [-0.3, -0.25) is 9.59 Å². The number of H-pyrrole nitrogens is 1. The first-order valence-corrected chi connectivity index (χ1v) is 9.84. The Balaban J connectivity index is 1.19. The van der Waals surface area contributed by atoms with Crippen molar-refractivity contribution in [2.45, 2.75) is 36.8 Å². The smallest absolute Gasteiger partial charge is 0.243 e. The molecule has 3 aliphatic heterocycles. The normalized spacial score (nSPS) is 29.6. The average Bonchev–Trinajstić information content (AvgIpc) is 3.12. The lowest BCUT2D eigenvalue weighted by Crippen LogP contribution is -2.62. The lowest BCUT2D eigenvalue weighted by atomic mass is 9.90. The number of hydrogen-bond acceptors (Lipinski definition) is 4. The number of aromatic amines is 1. The number of rotatable bonds is 4. The highest BCUT2D eigenvalue weighted by atomic mass is 16.6. The highest BCUT2D eigenvalue weighted by molar-refractivity contribution is 5.97. The second kappa shape index (κ2) is 5.84. The van der Waals surface area contributed by atoms with E-state index in [2.05, 4.69) is 20.9 Å². The number of amides is 2. The van der Waals surface area contributed by atoms with E-state index in [4.69, 9.17) is 4.74 Å². The van der Waals surface area contributed by atoms with E-state index in [0.717, 1.165) is 27.7 Å². The van der Waals surface area contributed by atoms with Crippen LogP contribution in [0, 0.1) is 0 Å². The van der Waals surface area contributed by atoms with E-state index in [1.165, 1.54) is 0 Å². The maximum Gasteiger partial charge on any atom is 0.243 e. The number of anilines is 1. The summed E-state index contributed by atoms with van der Waals surface area (Å²) in [7, 11) is 0. The number of carbonyl (C=O) groups excluding carboxylic acids is 2. The van der Waals surface area contributed by atoms with Gasteiger partial charge >= 0.3 is 0 Å². The summed E-state index contributed by atoms with van der Waals surface area (Å²) in [5, 5.41) is 10.2. The minimum atomic E-state index is -0.611. The Hall–Kier alpha value is -3.32. The molecule has 0 bridgehead atoms. The van der Waals surface area contributed by atoms with Crippen molar-refractivity contribution in [1.29, 1.82) is 0 Å². The summed E-state index contributed by atoms with van der Waals surface area (Å²) < 4.78 is 5.87. The molecule has 0 saturated carbocycles. The number of piperazine rings is 1. The Morgan fingerprint density at radius 3 is 2.59 bits per heavy atom. The van der Waals surface area contributed by atoms with E-state index in [-0.39, 0.29) is 18.0 Å². The maximum atomic E-state index is 12.8. The fraction of sp³-hybridized carbons (Fsp3) is 0.273. The summed E-state index contributed by atoms with van der Waals surface area (Å²) in [6.45, 7) is 0. The van der Waals surface area contributed by atoms with Gasteiger partial charge in [0.1, 0.15) is 17.7 Å². The van der Waals surface area contributed by atoms with Crippen molar-refractivity contribution in [3.63, 3.8) is 0 Å². The quantitative estimate of drug-likeness (QED) is 0.512. The van der Waals surface area contributed by atoms with Crippen LogP contribution in [0.5, 0.6) is 0 Å². The first kappa shape index (κ1) is 16.6. The predicted molar refractivity (Wildman–Crippen MR) is 107 cm³/mol. The Labute approximate surface area is 166 Å². The minimum absolute atomic E-state index is 0.131. The first-order chi connectivity index (χ1) is 14.1. The average molecular weight is 388 g/mol. The zero-order valence-electron chi connectivity index (χ0n) is 15.6. The molecule has 0 aliphatic carbocycles. The van der Waals surface area contributed by atoms with Crippen molar-refractivity contribution >= 4 is 28.4 Å². The van der Waals surface area contributed by atoms with Gasteiger partial charge in [0.05, 0.1) is 0 Å². The molecule has 3 aliphatic rings. The minimum Gasteiger partial charge on any atom is -0.361 e. The molecule has 0 radical (unpaired) electrons. The van der Waals surface area contributed by atoms with Crippen molar-refractivity contribution in [3.05, 3.63) is 65.9 Å². The van der Waals surface area contributed by atoms with Gasteiger partial charge in [0.15, 0.2) is 6.23 Å². The highest BCUT2D eigenvalue weighted by Gasteiger charge is 2.64. The number of carbonyl (C=O) groups is 2. The Bertz CT molecular complexity index is 1160. The molecule has 0 unspecified atom stereocenters. The van der Waals surface area contributed by atoms with Gasteiger partial charge in [0, 0.05) is 41.2 Å². The van der Waals surface area contributed by atoms with Crippen LogP contribution in [0.25, 0.3) is 10.9 Å². The third kappa shape index (κ3) is 2.47.